The van der Waals surface area contributed by atoms with Gasteiger partial charge in [-0.25, -0.2) is 0 Å². The van der Waals surface area contributed by atoms with E-state index in [4.69, 9.17) is 5.11 Å². The highest BCUT2D eigenvalue weighted by molar-refractivity contribution is 7.90. The van der Waals surface area contributed by atoms with Crippen molar-refractivity contribution in [3.05, 3.63) is 0 Å². The molecule has 0 aromatic carbocycles. The molecule has 0 radical (unpaired) electrons. The van der Waals surface area contributed by atoms with Gasteiger partial charge in [-0.2, -0.15) is 0 Å². The van der Waals surface area contributed by atoms with Crippen LogP contribution in [0.1, 0.15) is 33.6 Å². The molecule has 0 aromatic heterocycles. The molecular formula is C10H17NO3S. The number of rotatable bonds is 3. The van der Waals surface area contributed by atoms with E-state index >= 15 is 0 Å². The maximum absolute atomic E-state index is 12.1. The van der Waals surface area contributed by atoms with E-state index in [0.29, 0.717) is 5.92 Å². The first-order valence-corrected chi connectivity index (χ1v) is 6.38. The van der Waals surface area contributed by atoms with Crippen molar-refractivity contribution < 1.29 is 14.5 Å². The minimum atomic E-state index is -1.19. The number of carboxylic acid groups (broad SMARTS) is 1. The van der Waals surface area contributed by atoms with Crippen molar-refractivity contribution in [2.45, 2.75) is 50.4 Å². The highest BCUT2D eigenvalue weighted by Crippen LogP contribution is 2.50. The molecule has 2 rings (SSSR count). The fourth-order valence-electron chi connectivity index (χ4n) is 1.92. The molecule has 1 heterocycles. The molecule has 1 N–H and O–H groups in total. The van der Waals surface area contributed by atoms with Crippen molar-refractivity contribution >= 4 is 17.3 Å². The lowest BCUT2D eigenvalue weighted by Crippen LogP contribution is -2.36. The lowest BCUT2D eigenvalue weighted by molar-refractivity contribution is -0.137. The summed E-state index contributed by atoms with van der Waals surface area (Å²) in [4.78, 5) is 11.0. The van der Waals surface area contributed by atoms with Gasteiger partial charge in [0.1, 0.15) is 4.75 Å². The summed E-state index contributed by atoms with van der Waals surface area (Å²) in [6, 6.07) is -0.472. The normalized spacial score (nSPS) is 37.5. The highest BCUT2D eigenvalue weighted by atomic mass is 32.2. The molecule has 15 heavy (non-hydrogen) atoms. The number of carboxylic acids is 1. The van der Waals surface area contributed by atoms with Gasteiger partial charge in [-0.1, -0.05) is 0 Å². The van der Waals surface area contributed by atoms with Crippen LogP contribution in [-0.2, 0) is 16.2 Å². The molecule has 86 valence electrons. The SMILES string of the molecule is CC(C)(C)[S+]([O-])N1[C@H](C(=O)O)[C@@H]1C1CC1. The predicted octanol–water partition coefficient (Wildman–Crippen LogP) is 0.996. The molecule has 1 aliphatic carbocycles. The standard InChI is InChI=1S/C10H17NO3S/c1-10(2,3)15(14)11-7(6-4-5-6)8(11)9(12)13/h6-8H,4-5H2,1-3H3,(H,12,13)/t7-,8-,11?,15?/m0/s1. The van der Waals surface area contributed by atoms with Crippen LogP contribution in [-0.4, -0.2) is 36.8 Å². The van der Waals surface area contributed by atoms with Gasteiger partial charge < -0.3 is 9.66 Å². The third-order valence-electron chi connectivity index (χ3n) is 2.88. The Bertz CT molecular complexity index is 285. The Morgan fingerprint density at radius 2 is 2.00 bits per heavy atom. The number of aliphatic carboxylic acids is 1. The Balaban J connectivity index is 2.06. The summed E-state index contributed by atoms with van der Waals surface area (Å²) in [6.07, 6.45) is 2.18. The number of carbonyl (C=O) groups is 1. The van der Waals surface area contributed by atoms with Gasteiger partial charge >= 0.3 is 5.97 Å². The quantitative estimate of drug-likeness (QED) is 0.581. The van der Waals surface area contributed by atoms with E-state index in [0.717, 1.165) is 12.8 Å². The third kappa shape index (κ3) is 2.00. The van der Waals surface area contributed by atoms with Gasteiger partial charge in [0, 0.05) is 11.4 Å². The molecule has 2 unspecified atom stereocenters. The van der Waals surface area contributed by atoms with E-state index in [1.165, 1.54) is 0 Å². The average molecular weight is 231 g/mol. The molecule has 1 saturated heterocycles. The van der Waals surface area contributed by atoms with Gasteiger partial charge in [0.25, 0.3) is 0 Å². The summed E-state index contributed by atoms with van der Waals surface area (Å²) < 4.78 is 13.4. The molecule has 0 bridgehead atoms. The monoisotopic (exact) mass is 231 g/mol. The molecule has 1 aliphatic heterocycles. The van der Waals surface area contributed by atoms with Crippen molar-refractivity contribution in [1.82, 2.24) is 4.31 Å². The fourth-order valence-corrected chi connectivity index (χ4v) is 3.42. The van der Waals surface area contributed by atoms with Crippen LogP contribution in [0, 0.1) is 5.92 Å². The van der Waals surface area contributed by atoms with Crippen LogP contribution in [0.4, 0.5) is 0 Å². The lowest BCUT2D eigenvalue weighted by Gasteiger charge is -2.24. The molecule has 2 fully saturated rings. The summed E-state index contributed by atoms with van der Waals surface area (Å²) in [5, 5.41) is 9.01. The minimum absolute atomic E-state index is 0.0301. The van der Waals surface area contributed by atoms with Crippen LogP contribution >= 0.6 is 0 Å². The number of nitrogens with zero attached hydrogens (tertiary/aromatic N) is 1. The van der Waals surface area contributed by atoms with Crippen molar-refractivity contribution in [2.24, 2.45) is 5.92 Å². The van der Waals surface area contributed by atoms with Crippen LogP contribution in [0.5, 0.6) is 0 Å². The zero-order chi connectivity index (χ0) is 11.4. The fraction of sp³-hybridized carbons (Fsp3) is 0.900. The molecule has 0 spiro atoms. The molecule has 4 atom stereocenters. The maximum atomic E-state index is 12.1. The lowest BCUT2D eigenvalue weighted by atomic mass is 10.2. The van der Waals surface area contributed by atoms with E-state index in [1.54, 1.807) is 4.31 Å². The predicted molar refractivity (Wildman–Crippen MR) is 57.7 cm³/mol. The molecular weight excluding hydrogens is 214 g/mol. The largest absolute Gasteiger partial charge is 0.597 e. The first-order chi connectivity index (χ1) is 6.84. The van der Waals surface area contributed by atoms with Crippen molar-refractivity contribution in [2.75, 3.05) is 0 Å². The van der Waals surface area contributed by atoms with Crippen LogP contribution < -0.4 is 0 Å². The Hall–Kier alpha value is -0.260. The summed E-state index contributed by atoms with van der Waals surface area (Å²) in [7, 11) is 0. The van der Waals surface area contributed by atoms with Gasteiger partial charge in [-0.3, -0.25) is 4.79 Å². The van der Waals surface area contributed by atoms with E-state index in [9.17, 15) is 9.35 Å². The van der Waals surface area contributed by atoms with Gasteiger partial charge in [0.05, 0.1) is 6.04 Å². The summed E-state index contributed by atoms with van der Waals surface area (Å²) in [5.74, 6) is -0.359. The van der Waals surface area contributed by atoms with Crippen LogP contribution in [0.2, 0.25) is 0 Å². The summed E-state index contributed by atoms with van der Waals surface area (Å²) in [5.41, 5.74) is 0. The Morgan fingerprint density at radius 3 is 2.33 bits per heavy atom. The third-order valence-corrected chi connectivity index (χ3v) is 4.78. The van der Waals surface area contributed by atoms with Gasteiger partial charge in [-0.15, -0.1) is 4.31 Å². The Kier molecular flexibility index (Phi) is 2.52. The zero-order valence-corrected chi connectivity index (χ0v) is 10.1. The second-order valence-corrected chi connectivity index (χ2v) is 7.48. The second kappa shape index (κ2) is 3.37. The van der Waals surface area contributed by atoms with E-state index in [-0.39, 0.29) is 10.8 Å². The molecule has 4 nitrogen and oxygen atoms in total. The van der Waals surface area contributed by atoms with Crippen LogP contribution in [0.25, 0.3) is 0 Å². The summed E-state index contributed by atoms with van der Waals surface area (Å²) >= 11 is -1.19. The van der Waals surface area contributed by atoms with Crippen molar-refractivity contribution in [1.29, 1.82) is 0 Å². The zero-order valence-electron chi connectivity index (χ0n) is 9.27. The topological polar surface area (TPSA) is 63.4 Å². The van der Waals surface area contributed by atoms with Gasteiger partial charge in [0.2, 0.25) is 0 Å². The van der Waals surface area contributed by atoms with Crippen LogP contribution in [0.3, 0.4) is 0 Å². The van der Waals surface area contributed by atoms with E-state index in [2.05, 4.69) is 0 Å². The molecule has 2 aliphatic rings. The van der Waals surface area contributed by atoms with Gasteiger partial charge in [0.15, 0.2) is 6.04 Å². The first-order valence-electron chi connectivity index (χ1n) is 5.27. The van der Waals surface area contributed by atoms with Gasteiger partial charge in [-0.05, 0) is 39.5 Å². The number of hydrogen-bond acceptors (Lipinski definition) is 3. The molecule has 5 heteroatoms. The molecule has 1 saturated carbocycles. The molecule has 0 amide bonds. The first kappa shape index (κ1) is 11.2. The maximum Gasteiger partial charge on any atom is 0.327 e. The summed E-state index contributed by atoms with van der Waals surface area (Å²) in [6.45, 7) is 5.64. The average Bonchev–Trinajstić information content (AvgIpc) is 2.94. The van der Waals surface area contributed by atoms with E-state index < -0.39 is 23.4 Å². The second-order valence-electron chi connectivity index (χ2n) is 5.33. The van der Waals surface area contributed by atoms with E-state index in [1.807, 2.05) is 20.8 Å². The number of hydrogen-bond donors (Lipinski definition) is 1. The minimum Gasteiger partial charge on any atom is -0.597 e. The highest BCUT2D eigenvalue weighted by Gasteiger charge is 2.67. The van der Waals surface area contributed by atoms with Crippen molar-refractivity contribution in [3.8, 4) is 0 Å². The van der Waals surface area contributed by atoms with Crippen molar-refractivity contribution in [3.63, 3.8) is 0 Å². The Morgan fingerprint density at radius 1 is 1.47 bits per heavy atom. The smallest absolute Gasteiger partial charge is 0.327 e. The van der Waals surface area contributed by atoms with Crippen LogP contribution in [0.15, 0.2) is 0 Å². The molecule has 0 aromatic rings. The Labute approximate surface area is 93.0 Å².